The molecule has 0 atom stereocenters. The summed E-state index contributed by atoms with van der Waals surface area (Å²) in [6, 6.07) is 4.19. The SMILES string of the molecule is CCOCCCn1ccnc1Nc1cc(F)ccc1Cl. The maximum Gasteiger partial charge on any atom is 0.207 e. The van der Waals surface area contributed by atoms with E-state index in [9.17, 15) is 4.39 Å². The van der Waals surface area contributed by atoms with Crippen LogP contribution in [0.5, 0.6) is 0 Å². The van der Waals surface area contributed by atoms with E-state index in [4.69, 9.17) is 16.3 Å². The monoisotopic (exact) mass is 297 g/mol. The number of hydrogen-bond donors (Lipinski definition) is 1. The molecule has 108 valence electrons. The van der Waals surface area contributed by atoms with Gasteiger partial charge in [0, 0.05) is 32.2 Å². The molecular formula is C14H17ClFN3O. The molecule has 0 aliphatic carbocycles. The van der Waals surface area contributed by atoms with Crippen LogP contribution < -0.4 is 5.32 Å². The first-order chi connectivity index (χ1) is 9.70. The minimum atomic E-state index is -0.341. The Morgan fingerprint density at radius 1 is 1.45 bits per heavy atom. The molecule has 0 aliphatic heterocycles. The molecule has 0 saturated carbocycles. The lowest BCUT2D eigenvalue weighted by Crippen LogP contribution is -2.06. The van der Waals surface area contributed by atoms with Crippen LogP contribution in [0.1, 0.15) is 13.3 Å². The van der Waals surface area contributed by atoms with Gasteiger partial charge in [-0.05, 0) is 31.5 Å². The normalized spacial score (nSPS) is 10.8. The second-order valence-corrected chi connectivity index (χ2v) is 4.65. The number of hydrogen-bond acceptors (Lipinski definition) is 3. The quantitative estimate of drug-likeness (QED) is 0.789. The summed E-state index contributed by atoms with van der Waals surface area (Å²) < 4.78 is 20.5. The number of nitrogens with zero attached hydrogens (tertiary/aromatic N) is 2. The second-order valence-electron chi connectivity index (χ2n) is 4.24. The van der Waals surface area contributed by atoms with Gasteiger partial charge in [0.15, 0.2) is 0 Å². The summed E-state index contributed by atoms with van der Waals surface area (Å²) >= 11 is 6.02. The van der Waals surface area contributed by atoms with E-state index in [1.54, 1.807) is 6.20 Å². The fourth-order valence-corrected chi connectivity index (χ4v) is 1.97. The number of halogens is 2. The van der Waals surface area contributed by atoms with E-state index in [0.717, 1.165) is 13.0 Å². The smallest absolute Gasteiger partial charge is 0.207 e. The number of aryl methyl sites for hydroxylation is 1. The molecule has 0 radical (unpaired) electrons. The van der Waals surface area contributed by atoms with Crippen LogP contribution in [0.25, 0.3) is 0 Å². The first-order valence-corrected chi connectivity index (χ1v) is 6.89. The summed E-state index contributed by atoms with van der Waals surface area (Å²) in [5, 5.41) is 3.50. The fourth-order valence-electron chi connectivity index (χ4n) is 1.81. The minimum Gasteiger partial charge on any atom is -0.382 e. The van der Waals surface area contributed by atoms with Crippen LogP contribution in [0.3, 0.4) is 0 Å². The third kappa shape index (κ3) is 3.95. The number of ether oxygens (including phenoxy) is 1. The molecule has 1 heterocycles. The summed E-state index contributed by atoms with van der Waals surface area (Å²) in [5.41, 5.74) is 0.504. The molecule has 0 fully saturated rings. The molecular weight excluding hydrogens is 281 g/mol. The number of rotatable bonds is 7. The van der Waals surface area contributed by atoms with E-state index >= 15 is 0 Å². The Labute approximate surface area is 122 Å². The molecule has 0 bridgehead atoms. The number of anilines is 2. The van der Waals surface area contributed by atoms with E-state index in [1.165, 1.54) is 18.2 Å². The maximum absolute atomic E-state index is 13.2. The molecule has 6 heteroatoms. The van der Waals surface area contributed by atoms with Gasteiger partial charge in [-0.15, -0.1) is 0 Å². The minimum absolute atomic E-state index is 0.341. The number of nitrogens with one attached hydrogen (secondary N) is 1. The van der Waals surface area contributed by atoms with Crippen LogP contribution in [-0.2, 0) is 11.3 Å². The van der Waals surface area contributed by atoms with Crippen molar-refractivity contribution < 1.29 is 9.13 Å². The van der Waals surface area contributed by atoms with E-state index in [0.29, 0.717) is 29.9 Å². The zero-order valence-electron chi connectivity index (χ0n) is 11.3. The van der Waals surface area contributed by atoms with Gasteiger partial charge in [0.25, 0.3) is 0 Å². The zero-order chi connectivity index (χ0) is 14.4. The van der Waals surface area contributed by atoms with E-state index < -0.39 is 0 Å². The van der Waals surface area contributed by atoms with Crippen LogP contribution in [0.2, 0.25) is 5.02 Å². The first-order valence-electron chi connectivity index (χ1n) is 6.51. The Kier molecular flexibility index (Phi) is 5.38. The van der Waals surface area contributed by atoms with Gasteiger partial charge in [0.1, 0.15) is 5.82 Å². The lowest BCUT2D eigenvalue weighted by Gasteiger charge is -2.11. The number of aromatic nitrogens is 2. The van der Waals surface area contributed by atoms with Gasteiger partial charge in [-0.25, -0.2) is 9.37 Å². The molecule has 20 heavy (non-hydrogen) atoms. The summed E-state index contributed by atoms with van der Waals surface area (Å²) in [5.74, 6) is 0.292. The molecule has 4 nitrogen and oxygen atoms in total. The lowest BCUT2D eigenvalue weighted by molar-refractivity contribution is 0.142. The molecule has 1 aromatic carbocycles. The largest absolute Gasteiger partial charge is 0.382 e. The average Bonchev–Trinajstić information content (AvgIpc) is 2.86. The van der Waals surface area contributed by atoms with Gasteiger partial charge in [0.05, 0.1) is 10.7 Å². The highest BCUT2D eigenvalue weighted by atomic mass is 35.5. The zero-order valence-corrected chi connectivity index (χ0v) is 12.0. The van der Waals surface area contributed by atoms with Gasteiger partial charge >= 0.3 is 0 Å². The molecule has 2 rings (SSSR count). The fraction of sp³-hybridized carbons (Fsp3) is 0.357. The van der Waals surface area contributed by atoms with Crippen molar-refractivity contribution in [3.05, 3.63) is 41.4 Å². The van der Waals surface area contributed by atoms with Crippen molar-refractivity contribution in [2.45, 2.75) is 19.9 Å². The Balaban J connectivity index is 2.02. The number of imidazole rings is 1. The van der Waals surface area contributed by atoms with Crippen molar-refractivity contribution >= 4 is 23.2 Å². The van der Waals surface area contributed by atoms with Crippen LogP contribution >= 0.6 is 11.6 Å². The maximum atomic E-state index is 13.2. The molecule has 0 saturated heterocycles. The summed E-state index contributed by atoms with van der Waals surface area (Å²) in [6.45, 7) is 4.16. The highest BCUT2D eigenvalue weighted by molar-refractivity contribution is 6.33. The van der Waals surface area contributed by atoms with Gasteiger partial charge in [-0.2, -0.15) is 0 Å². The van der Waals surface area contributed by atoms with Crippen LogP contribution in [0.4, 0.5) is 16.0 Å². The van der Waals surface area contributed by atoms with Crippen LogP contribution in [0.15, 0.2) is 30.6 Å². The van der Waals surface area contributed by atoms with Crippen molar-refractivity contribution in [2.75, 3.05) is 18.5 Å². The van der Waals surface area contributed by atoms with Gasteiger partial charge < -0.3 is 14.6 Å². The Hall–Kier alpha value is -1.59. The molecule has 0 unspecified atom stereocenters. The van der Waals surface area contributed by atoms with Crippen molar-refractivity contribution in [2.24, 2.45) is 0 Å². The third-order valence-corrected chi connectivity index (χ3v) is 3.11. The Bertz CT molecular complexity index is 559. The predicted octanol–water partition coefficient (Wildman–Crippen LogP) is 3.85. The van der Waals surface area contributed by atoms with Crippen molar-refractivity contribution in [3.8, 4) is 0 Å². The number of benzene rings is 1. The highest BCUT2D eigenvalue weighted by Crippen LogP contribution is 2.25. The molecule has 0 spiro atoms. The summed E-state index contributed by atoms with van der Waals surface area (Å²) in [6.07, 6.45) is 4.44. The van der Waals surface area contributed by atoms with Gasteiger partial charge in [0.2, 0.25) is 5.95 Å². The molecule has 1 aromatic heterocycles. The van der Waals surface area contributed by atoms with Crippen molar-refractivity contribution in [3.63, 3.8) is 0 Å². The average molecular weight is 298 g/mol. The van der Waals surface area contributed by atoms with Crippen molar-refractivity contribution in [1.29, 1.82) is 0 Å². The topological polar surface area (TPSA) is 39.1 Å². The van der Waals surface area contributed by atoms with Crippen molar-refractivity contribution in [1.82, 2.24) is 9.55 Å². The summed E-state index contributed by atoms with van der Waals surface area (Å²) in [7, 11) is 0. The molecule has 2 aromatic rings. The van der Waals surface area contributed by atoms with Crippen LogP contribution in [0, 0.1) is 5.82 Å². The highest BCUT2D eigenvalue weighted by Gasteiger charge is 2.07. The first kappa shape index (κ1) is 14.8. The van der Waals surface area contributed by atoms with E-state index in [-0.39, 0.29) is 5.82 Å². The third-order valence-electron chi connectivity index (χ3n) is 2.78. The lowest BCUT2D eigenvalue weighted by atomic mass is 10.3. The summed E-state index contributed by atoms with van der Waals surface area (Å²) in [4.78, 5) is 4.21. The second kappa shape index (κ2) is 7.26. The van der Waals surface area contributed by atoms with Gasteiger partial charge in [-0.3, -0.25) is 0 Å². The predicted molar refractivity (Wildman–Crippen MR) is 78.0 cm³/mol. The molecule has 1 N–H and O–H groups in total. The molecule has 0 amide bonds. The van der Waals surface area contributed by atoms with Crippen LogP contribution in [-0.4, -0.2) is 22.8 Å². The molecule has 0 aliphatic rings. The van der Waals surface area contributed by atoms with E-state index in [2.05, 4.69) is 10.3 Å². The standard InChI is InChI=1S/C14H17ClFN3O/c1-2-20-9-3-7-19-8-6-17-14(19)18-13-10-11(16)4-5-12(13)15/h4-6,8,10H,2-3,7,9H2,1H3,(H,17,18). The van der Waals surface area contributed by atoms with E-state index in [1.807, 2.05) is 17.7 Å². The Morgan fingerprint density at radius 3 is 3.10 bits per heavy atom. The Morgan fingerprint density at radius 2 is 2.30 bits per heavy atom. The van der Waals surface area contributed by atoms with Gasteiger partial charge in [-0.1, -0.05) is 11.6 Å².